The Kier molecular flexibility index (Phi) is 3.94. The summed E-state index contributed by atoms with van der Waals surface area (Å²) < 4.78 is 28.5. The Labute approximate surface area is 125 Å². The number of aryl methyl sites for hydroxylation is 4. The molecule has 2 heterocycles. The predicted octanol–water partition coefficient (Wildman–Crippen LogP) is 1.20. The summed E-state index contributed by atoms with van der Waals surface area (Å²) in [4.78, 5) is 0.254. The monoisotopic (exact) mass is 311 g/mol. The van der Waals surface area contributed by atoms with Gasteiger partial charge in [0.2, 0.25) is 10.0 Å². The number of rotatable bonds is 4. The fraction of sp³-hybridized carbons (Fsp3) is 0.538. The van der Waals surface area contributed by atoms with Gasteiger partial charge in [0.05, 0.1) is 17.1 Å². The second-order valence-corrected chi connectivity index (χ2v) is 7.28. The zero-order valence-electron chi connectivity index (χ0n) is 13.2. The van der Waals surface area contributed by atoms with E-state index in [4.69, 9.17) is 0 Å². The average molecular weight is 311 g/mol. The van der Waals surface area contributed by atoms with Crippen LogP contribution in [0.15, 0.2) is 4.90 Å². The third-order valence-electron chi connectivity index (χ3n) is 3.77. The molecule has 8 heteroatoms. The highest BCUT2D eigenvalue weighted by atomic mass is 32.2. The van der Waals surface area contributed by atoms with Gasteiger partial charge in [0.1, 0.15) is 4.90 Å². The summed E-state index contributed by atoms with van der Waals surface area (Å²) in [7, 11) is -0.149. The Balaban J connectivity index is 2.38. The molecule has 2 aromatic rings. The summed E-state index contributed by atoms with van der Waals surface area (Å²) in [6.45, 7) is 7.51. The molecule has 0 bridgehead atoms. The first-order valence-electron chi connectivity index (χ1n) is 6.63. The Morgan fingerprint density at radius 3 is 2.24 bits per heavy atom. The van der Waals surface area contributed by atoms with Crippen LogP contribution in [0.4, 0.5) is 0 Å². The molecule has 2 aromatic heterocycles. The molecule has 21 heavy (non-hydrogen) atoms. The van der Waals surface area contributed by atoms with Crippen LogP contribution in [-0.4, -0.2) is 39.7 Å². The second kappa shape index (κ2) is 5.27. The van der Waals surface area contributed by atoms with Gasteiger partial charge in [0, 0.05) is 31.9 Å². The predicted molar refractivity (Wildman–Crippen MR) is 79.4 cm³/mol. The molecule has 116 valence electrons. The number of nitrogens with zero attached hydrogens (tertiary/aromatic N) is 4. The number of aromatic amines is 1. The number of aromatic nitrogens is 4. The van der Waals surface area contributed by atoms with E-state index in [0.717, 1.165) is 17.0 Å². The summed E-state index contributed by atoms with van der Waals surface area (Å²) in [5.41, 5.74) is 3.79. The molecule has 0 saturated carbocycles. The summed E-state index contributed by atoms with van der Waals surface area (Å²) in [5, 5.41) is 11.0. The molecule has 0 fully saturated rings. The van der Waals surface area contributed by atoms with Gasteiger partial charge in [-0.15, -0.1) is 0 Å². The molecule has 0 spiro atoms. The number of sulfonamides is 1. The van der Waals surface area contributed by atoms with E-state index in [1.807, 2.05) is 20.9 Å². The van der Waals surface area contributed by atoms with Gasteiger partial charge in [-0.25, -0.2) is 8.42 Å². The first-order chi connectivity index (χ1) is 9.66. The summed E-state index contributed by atoms with van der Waals surface area (Å²) in [6.07, 6.45) is 0. The Morgan fingerprint density at radius 2 is 1.81 bits per heavy atom. The number of nitrogens with one attached hydrogen (secondary N) is 1. The van der Waals surface area contributed by atoms with Crippen molar-refractivity contribution in [3.05, 3.63) is 28.3 Å². The number of hydrogen-bond donors (Lipinski definition) is 1. The fourth-order valence-electron chi connectivity index (χ4n) is 2.43. The topological polar surface area (TPSA) is 83.9 Å². The molecule has 7 nitrogen and oxygen atoms in total. The van der Waals surface area contributed by atoms with E-state index < -0.39 is 10.0 Å². The maximum atomic E-state index is 12.7. The molecular formula is C13H21N5O2S. The number of hydrogen-bond acceptors (Lipinski definition) is 4. The smallest absolute Gasteiger partial charge is 0.246 e. The Morgan fingerprint density at radius 1 is 1.19 bits per heavy atom. The first-order valence-corrected chi connectivity index (χ1v) is 8.07. The van der Waals surface area contributed by atoms with Gasteiger partial charge in [0.15, 0.2) is 0 Å². The van der Waals surface area contributed by atoms with E-state index in [2.05, 4.69) is 15.3 Å². The van der Waals surface area contributed by atoms with Crippen molar-refractivity contribution in [2.24, 2.45) is 7.05 Å². The van der Waals surface area contributed by atoms with Crippen LogP contribution in [0, 0.1) is 27.7 Å². The lowest BCUT2D eigenvalue weighted by atomic mass is 10.2. The SMILES string of the molecule is Cc1nn(C)c(C)c1CN(C)S(=O)(=O)c1c(C)n[nH]c1C. The van der Waals surface area contributed by atoms with Crippen molar-refractivity contribution in [2.45, 2.75) is 39.1 Å². The lowest BCUT2D eigenvalue weighted by Gasteiger charge is -2.17. The standard InChI is InChI=1S/C13H21N5O2S/c1-8-12(11(4)18(6)16-8)7-17(5)21(19,20)13-9(2)14-15-10(13)3/h7H2,1-6H3,(H,14,15). The minimum Gasteiger partial charge on any atom is -0.281 e. The van der Waals surface area contributed by atoms with E-state index >= 15 is 0 Å². The summed E-state index contributed by atoms with van der Waals surface area (Å²) in [5.74, 6) is 0. The molecule has 0 aliphatic carbocycles. The highest BCUT2D eigenvalue weighted by molar-refractivity contribution is 7.89. The zero-order valence-corrected chi connectivity index (χ0v) is 14.0. The van der Waals surface area contributed by atoms with Crippen molar-refractivity contribution in [3.8, 4) is 0 Å². The van der Waals surface area contributed by atoms with E-state index in [1.54, 1.807) is 25.6 Å². The molecule has 0 aliphatic heterocycles. The van der Waals surface area contributed by atoms with Crippen molar-refractivity contribution in [1.82, 2.24) is 24.3 Å². The van der Waals surface area contributed by atoms with Crippen molar-refractivity contribution in [2.75, 3.05) is 7.05 Å². The van der Waals surface area contributed by atoms with Crippen LogP contribution in [0.1, 0.15) is 28.3 Å². The van der Waals surface area contributed by atoms with Gasteiger partial charge in [-0.2, -0.15) is 14.5 Å². The minimum atomic E-state index is -3.58. The van der Waals surface area contributed by atoms with Crippen LogP contribution < -0.4 is 0 Å². The van der Waals surface area contributed by atoms with Crippen molar-refractivity contribution >= 4 is 10.0 Å². The lowest BCUT2D eigenvalue weighted by Crippen LogP contribution is -2.27. The van der Waals surface area contributed by atoms with Crippen LogP contribution >= 0.6 is 0 Å². The molecule has 0 amide bonds. The van der Waals surface area contributed by atoms with Crippen LogP contribution in [0.25, 0.3) is 0 Å². The normalized spacial score (nSPS) is 12.3. The molecular weight excluding hydrogens is 290 g/mol. The first kappa shape index (κ1) is 15.7. The van der Waals surface area contributed by atoms with E-state index in [9.17, 15) is 8.42 Å². The van der Waals surface area contributed by atoms with Crippen molar-refractivity contribution in [1.29, 1.82) is 0 Å². The minimum absolute atomic E-state index is 0.254. The third kappa shape index (κ3) is 2.60. The number of H-pyrrole nitrogens is 1. The van der Waals surface area contributed by atoms with E-state index in [-0.39, 0.29) is 11.4 Å². The van der Waals surface area contributed by atoms with Crippen LogP contribution in [0.5, 0.6) is 0 Å². The van der Waals surface area contributed by atoms with Gasteiger partial charge in [-0.1, -0.05) is 0 Å². The second-order valence-electron chi connectivity index (χ2n) is 5.30. The Bertz CT molecular complexity index is 753. The molecule has 0 aromatic carbocycles. The third-order valence-corrected chi connectivity index (χ3v) is 5.84. The van der Waals surface area contributed by atoms with Crippen molar-refractivity contribution in [3.63, 3.8) is 0 Å². The largest absolute Gasteiger partial charge is 0.281 e. The molecule has 2 rings (SSSR count). The molecule has 1 N–H and O–H groups in total. The van der Waals surface area contributed by atoms with Crippen LogP contribution in [0.3, 0.4) is 0 Å². The Hall–Kier alpha value is -1.67. The van der Waals surface area contributed by atoms with Gasteiger partial charge in [-0.05, 0) is 27.7 Å². The highest BCUT2D eigenvalue weighted by Crippen LogP contribution is 2.23. The van der Waals surface area contributed by atoms with Gasteiger partial charge >= 0.3 is 0 Å². The van der Waals surface area contributed by atoms with Gasteiger partial charge in [-0.3, -0.25) is 9.78 Å². The molecule has 0 unspecified atom stereocenters. The van der Waals surface area contributed by atoms with E-state index in [0.29, 0.717) is 11.4 Å². The van der Waals surface area contributed by atoms with Gasteiger partial charge in [0.25, 0.3) is 0 Å². The molecule has 0 saturated heterocycles. The molecule has 0 aliphatic rings. The van der Waals surface area contributed by atoms with Crippen LogP contribution in [-0.2, 0) is 23.6 Å². The van der Waals surface area contributed by atoms with Crippen molar-refractivity contribution < 1.29 is 8.42 Å². The van der Waals surface area contributed by atoms with Crippen LogP contribution in [0.2, 0.25) is 0 Å². The highest BCUT2D eigenvalue weighted by Gasteiger charge is 2.28. The summed E-state index contributed by atoms with van der Waals surface area (Å²) >= 11 is 0. The molecule has 0 radical (unpaired) electrons. The maximum Gasteiger partial charge on any atom is 0.246 e. The average Bonchev–Trinajstić information content (AvgIpc) is 2.84. The lowest BCUT2D eigenvalue weighted by molar-refractivity contribution is 0.464. The van der Waals surface area contributed by atoms with Gasteiger partial charge < -0.3 is 0 Å². The summed E-state index contributed by atoms with van der Waals surface area (Å²) in [6, 6.07) is 0. The fourth-order valence-corrected chi connectivity index (χ4v) is 3.89. The van der Waals surface area contributed by atoms with E-state index in [1.165, 1.54) is 4.31 Å². The molecule has 0 atom stereocenters. The quantitative estimate of drug-likeness (QED) is 0.919. The zero-order chi connectivity index (χ0) is 15.9. The maximum absolute atomic E-state index is 12.7.